The third-order valence-electron chi connectivity index (χ3n) is 7.53. The summed E-state index contributed by atoms with van der Waals surface area (Å²) < 4.78 is 2.03. The highest BCUT2D eigenvalue weighted by atomic mass is 16.2. The molecule has 1 fully saturated rings. The van der Waals surface area contributed by atoms with E-state index in [0.29, 0.717) is 42.4 Å². The number of hydrogen-bond acceptors (Lipinski definition) is 8. The molecule has 1 unspecified atom stereocenters. The summed E-state index contributed by atoms with van der Waals surface area (Å²) in [6.07, 6.45) is 7.28. The number of carbonyl (C=O) groups excluding carboxylic acids is 1. The van der Waals surface area contributed by atoms with Crippen LogP contribution in [0.25, 0.3) is 22.1 Å². The molecule has 3 aromatic heterocycles. The Kier molecular flexibility index (Phi) is 6.59. The highest BCUT2D eigenvalue weighted by Crippen LogP contribution is 2.27. The van der Waals surface area contributed by atoms with Crippen LogP contribution in [0.15, 0.2) is 67.9 Å². The first-order valence-electron chi connectivity index (χ1n) is 13.3. The first-order chi connectivity index (χ1) is 19.4. The fraction of sp³-hybridized carbons (Fsp3) is 0.267. The zero-order chi connectivity index (χ0) is 27.8. The molecule has 0 bridgehead atoms. The molecule has 0 radical (unpaired) electrons. The van der Waals surface area contributed by atoms with E-state index in [1.807, 2.05) is 17.9 Å². The van der Waals surface area contributed by atoms with Crippen LogP contribution >= 0.6 is 0 Å². The Balaban J connectivity index is 1.22. The van der Waals surface area contributed by atoms with Crippen LogP contribution in [0, 0.1) is 6.92 Å². The van der Waals surface area contributed by atoms with Gasteiger partial charge in [-0.15, -0.1) is 0 Å². The van der Waals surface area contributed by atoms with Gasteiger partial charge in [0.1, 0.15) is 17.4 Å². The van der Waals surface area contributed by atoms with Crippen molar-refractivity contribution in [3.05, 3.63) is 84.6 Å². The number of imidazole rings is 1. The van der Waals surface area contributed by atoms with Crippen LogP contribution in [0.5, 0.6) is 0 Å². The number of rotatable bonds is 6. The standard InChI is InChI=1S/C30H31N9O/c1-5-27(40)38-10-11-39(20(3)16-38)30-31-15-25-28(36-30)29(33-17-32-25)35-23-8-7-22(19(2)12-23)13-21-6-9-26-24(14-21)34-18-37(26)4/h5-9,12,14-15,17-18,20H,1,10-11,13,16H2,2-4H3,(H,32,33,35). The normalized spacial score (nSPS) is 15.5. The maximum absolute atomic E-state index is 12.1. The summed E-state index contributed by atoms with van der Waals surface area (Å²) in [6.45, 7) is 9.60. The van der Waals surface area contributed by atoms with E-state index < -0.39 is 0 Å². The summed E-state index contributed by atoms with van der Waals surface area (Å²) in [5.74, 6) is 1.16. The highest BCUT2D eigenvalue weighted by molar-refractivity contribution is 5.88. The van der Waals surface area contributed by atoms with Gasteiger partial charge in [-0.25, -0.2) is 24.9 Å². The molecule has 10 heteroatoms. The van der Waals surface area contributed by atoms with Crippen molar-refractivity contribution in [1.82, 2.24) is 34.4 Å². The van der Waals surface area contributed by atoms with E-state index in [4.69, 9.17) is 4.98 Å². The van der Waals surface area contributed by atoms with E-state index in [9.17, 15) is 4.79 Å². The molecule has 1 aliphatic heterocycles. The lowest BCUT2D eigenvalue weighted by molar-refractivity contribution is -0.126. The van der Waals surface area contributed by atoms with Gasteiger partial charge in [-0.1, -0.05) is 18.7 Å². The van der Waals surface area contributed by atoms with Crippen molar-refractivity contribution >= 4 is 45.4 Å². The van der Waals surface area contributed by atoms with E-state index >= 15 is 0 Å². The van der Waals surface area contributed by atoms with E-state index in [1.165, 1.54) is 29.1 Å². The number of aromatic nitrogens is 6. The van der Waals surface area contributed by atoms with Crippen molar-refractivity contribution in [2.45, 2.75) is 26.3 Å². The van der Waals surface area contributed by atoms with Crippen LogP contribution in [0.4, 0.5) is 17.5 Å². The number of aryl methyl sites for hydroxylation is 2. The molecule has 5 aromatic rings. The molecular weight excluding hydrogens is 502 g/mol. The van der Waals surface area contributed by atoms with Gasteiger partial charge in [0.25, 0.3) is 0 Å². The number of carbonyl (C=O) groups is 1. The minimum absolute atomic E-state index is 0.0543. The maximum Gasteiger partial charge on any atom is 0.246 e. The Morgan fingerprint density at radius 2 is 1.98 bits per heavy atom. The number of fused-ring (bicyclic) bond motifs is 2. The van der Waals surface area contributed by atoms with E-state index in [1.54, 1.807) is 11.1 Å². The van der Waals surface area contributed by atoms with Crippen molar-refractivity contribution in [3.63, 3.8) is 0 Å². The van der Waals surface area contributed by atoms with Gasteiger partial charge in [-0.2, -0.15) is 0 Å². The van der Waals surface area contributed by atoms with Crippen LogP contribution in [0.2, 0.25) is 0 Å². The number of piperazine rings is 1. The molecule has 40 heavy (non-hydrogen) atoms. The Bertz CT molecular complexity index is 1740. The molecule has 4 heterocycles. The largest absolute Gasteiger partial charge is 0.338 e. The summed E-state index contributed by atoms with van der Waals surface area (Å²) in [7, 11) is 2.01. The smallest absolute Gasteiger partial charge is 0.246 e. The minimum atomic E-state index is -0.0543. The van der Waals surface area contributed by atoms with Crippen molar-refractivity contribution in [1.29, 1.82) is 0 Å². The molecule has 2 aromatic carbocycles. The molecule has 1 aliphatic rings. The second kappa shape index (κ2) is 10.4. The quantitative estimate of drug-likeness (QED) is 0.324. The van der Waals surface area contributed by atoms with Crippen LogP contribution < -0.4 is 10.2 Å². The van der Waals surface area contributed by atoms with Crippen molar-refractivity contribution in [2.24, 2.45) is 7.05 Å². The average molecular weight is 534 g/mol. The third-order valence-corrected chi connectivity index (χ3v) is 7.53. The van der Waals surface area contributed by atoms with E-state index in [-0.39, 0.29) is 11.9 Å². The van der Waals surface area contributed by atoms with Gasteiger partial charge in [0.2, 0.25) is 11.9 Å². The molecule has 10 nitrogen and oxygen atoms in total. The lowest BCUT2D eigenvalue weighted by atomic mass is 9.99. The lowest BCUT2D eigenvalue weighted by Gasteiger charge is -2.39. The van der Waals surface area contributed by atoms with Gasteiger partial charge in [0.05, 0.1) is 23.6 Å². The summed E-state index contributed by atoms with van der Waals surface area (Å²) >= 11 is 0. The van der Waals surface area contributed by atoms with Gasteiger partial charge in [0.15, 0.2) is 5.82 Å². The van der Waals surface area contributed by atoms with Crippen molar-refractivity contribution < 1.29 is 4.79 Å². The molecule has 6 rings (SSSR count). The molecule has 0 spiro atoms. The number of anilines is 3. The van der Waals surface area contributed by atoms with E-state index in [2.05, 4.69) is 87.0 Å². The molecule has 0 aliphatic carbocycles. The lowest BCUT2D eigenvalue weighted by Crippen LogP contribution is -2.54. The SMILES string of the molecule is C=CC(=O)N1CCN(c2ncc3ncnc(Nc4ccc(Cc5ccc6c(c5)ncn6C)c(C)c4)c3n2)C(C)C1. The van der Waals surface area contributed by atoms with Crippen LogP contribution in [-0.2, 0) is 18.3 Å². The Morgan fingerprint density at radius 1 is 1.10 bits per heavy atom. The minimum Gasteiger partial charge on any atom is -0.338 e. The zero-order valence-corrected chi connectivity index (χ0v) is 22.9. The van der Waals surface area contributed by atoms with Crippen LogP contribution in [-0.4, -0.2) is 66.0 Å². The monoisotopic (exact) mass is 533 g/mol. The molecule has 0 saturated carbocycles. The number of benzene rings is 2. The molecule has 1 amide bonds. The van der Waals surface area contributed by atoms with Gasteiger partial charge in [0, 0.05) is 38.4 Å². The predicted molar refractivity (Wildman–Crippen MR) is 157 cm³/mol. The second-order valence-electron chi connectivity index (χ2n) is 10.3. The van der Waals surface area contributed by atoms with Gasteiger partial charge in [-0.3, -0.25) is 4.79 Å². The molecular formula is C30H31N9O. The number of nitrogens with zero attached hydrogens (tertiary/aromatic N) is 8. The topological polar surface area (TPSA) is 105 Å². The molecule has 1 N–H and O–H groups in total. The van der Waals surface area contributed by atoms with Crippen molar-refractivity contribution in [3.8, 4) is 0 Å². The zero-order valence-electron chi connectivity index (χ0n) is 22.9. The van der Waals surface area contributed by atoms with Gasteiger partial charge >= 0.3 is 0 Å². The molecule has 202 valence electrons. The summed E-state index contributed by atoms with van der Waals surface area (Å²) in [5.41, 5.74) is 8.03. The Morgan fingerprint density at radius 3 is 2.77 bits per heavy atom. The summed E-state index contributed by atoms with van der Waals surface area (Å²) in [5, 5.41) is 3.44. The number of amides is 1. The fourth-order valence-corrected chi connectivity index (χ4v) is 5.28. The first kappa shape index (κ1) is 25.4. The van der Waals surface area contributed by atoms with Gasteiger partial charge in [-0.05, 0) is 67.3 Å². The second-order valence-corrected chi connectivity index (χ2v) is 10.3. The summed E-state index contributed by atoms with van der Waals surface area (Å²) in [6, 6.07) is 12.8. The fourth-order valence-electron chi connectivity index (χ4n) is 5.28. The Hall–Kier alpha value is -4.86. The molecule has 1 saturated heterocycles. The first-order valence-corrected chi connectivity index (χ1v) is 13.3. The third kappa shape index (κ3) is 4.84. The van der Waals surface area contributed by atoms with E-state index in [0.717, 1.165) is 23.1 Å². The van der Waals surface area contributed by atoms with Crippen LogP contribution in [0.1, 0.15) is 23.6 Å². The number of nitrogens with one attached hydrogen (secondary N) is 1. The maximum atomic E-state index is 12.1. The Labute approximate surface area is 232 Å². The molecule has 1 atom stereocenters. The summed E-state index contributed by atoms with van der Waals surface area (Å²) in [4.78, 5) is 38.8. The van der Waals surface area contributed by atoms with Crippen LogP contribution in [0.3, 0.4) is 0 Å². The van der Waals surface area contributed by atoms with Crippen molar-refractivity contribution in [2.75, 3.05) is 29.9 Å². The number of hydrogen-bond donors (Lipinski definition) is 1. The average Bonchev–Trinajstić information content (AvgIpc) is 3.33. The predicted octanol–water partition coefficient (Wildman–Crippen LogP) is 4.17. The van der Waals surface area contributed by atoms with Gasteiger partial charge < -0.3 is 19.7 Å². The highest BCUT2D eigenvalue weighted by Gasteiger charge is 2.27.